The second-order valence-electron chi connectivity index (χ2n) is 4.09. The van der Waals surface area contributed by atoms with Gasteiger partial charge in [-0.25, -0.2) is 0 Å². The van der Waals surface area contributed by atoms with E-state index in [4.69, 9.17) is 11.5 Å². The van der Waals surface area contributed by atoms with Crippen LogP contribution in [-0.2, 0) is 11.3 Å². The molecule has 5 N–H and O–H groups in total. The Morgan fingerprint density at radius 2 is 1.94 bits per heavy atom. The van der Waals surface area contributed by atoms with Gasteiger partial charge in [0.1, 0.15) is 0 Å². The first kappa shape index (κ1) is 13.7. The standard InChI is InChI=1S/C13H21N3O/c14-9-5-4-8-12(15)13(17)16-10-11-6-2-1-3-7-11/h1-3,6-7,12H,4-5,8-10,14-15H2,(H,16,17). The lowest BCUT2D eigenvalue weighted by Crippen LogP contribution is -2.40. The van der Waals surface area contributed by atoms with Crippen molar-refractivity contribution in [3.8, 4) is 0 Å². The number of nitrogens with two attached hydrogens (primary N) is 2. The van der Waals surface area contributed by atoms with E-state index in [1.807, 2.05) is 30.3 Å². The zero-order valence-electron chi connectivity index (χ0n) is 10.1. The fourth-order valence-corrected chi connectivity index (χ4v) is 1.56. The molecule has 0 saturated carbocycles. The van der Waals surface area contributed by atoms with Gasteiger partial charge in [-0.15, -0.1) is 0 Å². The normalized spacial score (nSPS) is 12.1. The molecule has 1 unspecified atom stereocenters. The summed E-state index contributed by atoms with van der Waals surface area (Å²) in [5, 5.41) is 2.83. The number of hydrogen-bond donors (Lipinski definition) is 3. The molecule has 94 valence electrons. The molecule has 0 fully saturated rings. The Kier molecular flexibility index (Phi) is 6.29. The van der Waals surface area contributed by atoms with Gasteiger partial charge in [0.2, 0.25) is 5.91 Å². The molecule has 1 rings (SSSR count). The van der Waals surface area contributed by atoms with E-state index in [-0.39, 0.29) is 5.91 Å². The Bertz CT molecular complexity index is 327. The Labute approximate surface area is 102 Å². The summed E-state index contributed by atoms with van der Waals surface area (Å²) in [6.07, 6.45) is 2.51. The molecule has 1 aromatic carbocycles. The summed E-state index contributed by atoms with van der Waals surface area (Å²) in [6.45, 7) is 1.18. The number of carbonyl (C=O) groups excluding carboxylic acids is 1. The molecule has 0 radical (unpaired) electrons. The first-order valence-electron chi connectivity index (χ1n) is 6.01. The molecule has 1 atom stereocenters. The van der Waals surface area contributed by atoms with Crippen LogP contribution in [0.3, 0.4) is 0 Å². The minimum Gasteiger partial charge on any atom is -0.351 e. The lowest BCUT2D eigenvalue weighted by molar-refractivity contribution is -0.122. The molecular weight excluding hydrogens is 214 g/mol. The summed E-state index contributed by atoms with van der Waals surface area (Å²) in [7, 11) is 0. The van der Waals surface area contributed by atoms with Gasteiger partial charge < -0.3 is 16.8 Å². The molecule has 0 heterocycles. The van der Waals surface area contributed by atoms with E-state index < -0.39 is 6.04 Å². The SMILES string of the molecule is NCCCCC(N)C(=O)NCc1ccccc1. The molecule has 0 aliphatic heterocycles. The highest BCUT2D eigenvalue weighted by Crippen LogP contribution is 2.00. The molecule has 0 aliphatic rings. The van der Waals surface area contributed by atoms with Crippen LogP contribution in [0.1, 0.15) is 24.8 Å². The summed E-state index contributed by atoms with van der Waals surface area (Å²) in [5.74, 6) is -0.0918. The largest absolute Gasteiger partial charge is 0.351 e. The highest BCUT2D eigenvalue weighted by Gasteiger charge is 2.11. The van der Waals surface area contributed by atoms with Gasteiger partial charge in [0.25, 0.3) is 0 Å². The van der Waals surface area contributed by atoms with E-state index in [9.17, 15) is 4.79 Å². The molecule has 0 saturated heterocycles. The fraction of sp³-hybridized carbons (Fsp3) is 0.462. The third-order valence-electron chi connectivity index (χ3n) is 2.62. The van der Waals surface area contributed by atoms with Crippen molar-refractivity contribution in [2.24, 2.45) is 11.5 Å². The fourth-order valence-electron chi connectivity index (χ4n) is 1.56. The van der Waals surface area contributed by atoms with E-state index in [2.05, 4.69) is 5.32 Å². The summed E-state index contributed by atoms with van der Waals surface area (Å²) < 4.78 is 0. The van der Waals surface area contributed by atoms with E-state index >= 15 is 0 Å². The molecule has 0 bridgehead atoms. The summed E-state index contributed by atoms with van der Waals surface area (Å²) >= 11 is 0. The van der Waals surface area contributed by atoms with Crippen LogP contribution in [0.25, 0.3) is 0 Å². The van der Waals surface area contributed by atoms with Gasteiger partial charge in [-0.05, 0) is 24.9 Å². The van der Waals surface area contributed by atoms with Crippen LogP contribution in [0.5, 0.6) is 0 Å². The number of rotatable bonds is 7. The first-order chi connectivity index (χ1) is 8.24. The maximum atomic E-state index is 11.6. The first-order valence-corrected chi connectivity index (χ1v) is 6.01. The van der Waals surface area contributed by atoms with Crippen molar-refractivity contribution in [2.45, 2.75) is 31.8 Å². The molecule has 0 aromatic heterocycles. The van der Waals surface area contributed by atoms with Crippen molar-refractivity contribution in [3.05, 3.63) is 35.9 Å². The minimum atomic E-state index is -0.426. The van der Waals surface area contributed by atoms with Crippen LogP contribution in [0.2, 0.25) is 0 Å². The van der Waals surface area contributed by atoms with E-state index in [0.29, 0.717) is 19.5 Å². The monoisotopic (exact) mass is 235 g/mol. The summed E-state index contributed by atoms with van der Waals surface area (Å²) in [5.41, 5.74) is 12.2. The molecule has 0 aliphatic carbocycles. The lowest BCUT2D eigenvalue weighted by atomic mass is 10.1. The average molecular weight is 235 g/mol. The topological polar surface area (TPSA) is 81.1 Å². The Morgan fingerprint density at radius 1 is 1.24 bits per heavy atom. The van der Waals surface area contributed by atoms with Crippen molar-refractivity contribution in [2.75, 3.05) is 6.54 Å². The molecule has 17 heavy (non-hydrogen) atoms. The highest BCUT2D eigenvalue weighted by atomic mass is 16.2. The van der Waals surface area contributed by atoms with Crippen molar-refractivity contribution >= 4 is 5.91 Å². The van der Waals surface area contributed by atoms with Gasteiger partial charge in [0.15, 0.2) is 0 Å². The lowest BCUT2D eigenvalue weighted by Gasteiger charge is -2.11. The van der Waals surface area contributed by atoms with Crippen molar-refractivity contribution in [3.63, 3.8) is 0 Å². The maximum absolute atomic E-state index is 11.6. The average Bonchev–Trinajstić information content (AvgIpc) is 2.37. The second kappa shape index (κ2) is 7.81. The number of benzene rings is 1. The summed E-state index contributed by atoms with van der Waals surface area (Å²) in [4.78, 5) is 11.6. The van der Waals surface area contributed by atoms with Gasteiger partial charge in [0.05, 0.1) is 6.04 Å². The Morgan fingerprint density at radius 3 is 2.59 bits per heavy atom. The summed E-state index contributed by atoms with van der Waals surface area (Å²) in [6, 6.07) is 9.36. The van der Waals surface area contributed by atoms with Crippen molar-refractivity contribution in [1.82, 2.24) is 5.32 Å². The van der Waals surface area contributed by atoms with Gasteiger partial charge >= 0.3 is 0 Å². The Hall–Kier alpha value is -1.39. The predicted octanol–water partition coefficient (Wildman–Crippen LogP) is 0.759. The van der Waals surface area contributed by atoms with Crippen LogP contribution < -0.4 is 16.8 Å². The van der Waals surface area contributed by atoms with Gasteiger partial charge in [-0.3, -0.25) is 4.79 Å². The van der Waals surface area contributed by atoms with Crippen molar-refractivity contribution < 1.29 is 4.79 Å². The highest BCUT2D eigenvalue weighted by molar-refractivity contribution is 5.81. The molecule has 0 spiro atoms. The molecule has 4 heteroatoms. The van der Waals surface area contributed by atoms with Crippen molar-refractivity contribution in [1.29, 1.82) is 0 Å². The third-order valence-corrected chi connectivity index (χ3v) is 2.62. The number of amides is 1. The zero-order chi connectivity index (χ0) is 12.5. The quantitative estimate of drug-likeness (QED) is 0.610. The number of carbonyl (C=O) groups is 1. The smallest absolute Gasteiger partial charge is 0.237 e. The van der Waals surface area contributed by atoms with Crippen LogP contribution in [0.15, 0.2) is 30.3 Å². The van der Waals surface area contributed by atoms with Gasteiger partial charge in [-0.1, -0.05) is 36.8 Å². The number of nitrogens with one attached hydrogen (secondary N) is 1. The van der Waals surface area contributed by atoms with E-state index in [0.717, 1.165) is 18.4 Å². The van der Waals surface area contributed by atoms with Gasteiger partial charge in [-0.2, -0.15) is 0 Å². The zero-order valence-corrected chi connectivity index (χ0v) is 10.1. The maximum Gasteiger partial charge on any atom is 0.237 e. The van der Waals surface area contributed by atoms with E-state index in [1.54, 1.807) is 0 Å². The molecule has 1 amide bonds. The molecule has 4 nitrogen and oxygen atoms in total. The second-order valence-corrected chi connectivity index (χ2v) is 4.09. The minimum absolute atomic E-state index is 0.0918. The predicted molar refractivity (Wildman–Crippen MR) is 69.2 cm³/mol. The van der Waals surface area contributed by atoms with Gasteiger partial charge in [0, 0.05) is 6.54 Å². The van der Waals surface area contributed by atoms with Crippen LogP contribution >= 0.6 is 0 Å². The third kappa shape index (κ3) is 5.47. The van der Waals surface area contributed by atoms with E-state index in [1.165, 1.54) is 0 Å². The Balaban J connectivity index is 2.24. The van der Waals surface area contributed by atoms with Crippen LogP contribution in [0, 0.1) is 0 Å². The molecule has 1 aromatic rings. The van der Waals surface area contributed by atoms with Crippen LogP contribution in [-0.4, -0.2) is 18.5 Å². The molecular formula is C13H21N3O. The number of unbranched alkanes of at least 4 members (excludes halogenated alkanes) is 1. The van der Waals surface area contributed by atoms with Crippen LogP contribution in [0.4, 0.5) is 0 Å². The number of hydrogen-bond acceptors (Lipinski definition) is 3.